The minimum Gasteiger partial charge on any atom is -0.382 e. The number of benzene rings is 1. The van der Waals surface area contributed by atoms with Gasteiger partial charge in [0.15, 0.2) is 5.78 Å². The molecule has 0 heterocycles. The molecule has 104 valence electrons. The zero-order valence-electron chi connectivity index (χ0n) is 10.9. The second-order valence-corrected chi connectivity index (χ2v) is 3.95. The summed E-state index contributed by atoms with van der Waals surface area (Å²) in [5.74, 6) is -0.0775. The van der Waals surface area contributed by atoms with E-state index in [4.69, 9.17) is 4.74 Å². The topological polar surface area (TPSA) is 81.5 Å². The number of nitrogens with zero attached hydrogens (tertiary/aromatic N) is 1. The van der Waals surface area contributed by atoms with Gasteiger partial charge in [-0.3, -0.25) is 14.9 Å². The second kappa shape index (κ2) is 8.34. The van der Waals surface area contributed by atoms with Crippen LogP contribution in [0.25, 0.3) is 0 Å². The third-order valence-corrected chi connectivity index (χ3v) is 2.53. The Balaban J connectivity index is 2.31. The van der Waals surface area contributed by atoms with Crippen LogP contribution in [0.1, 0.15) is 23.7 Å². The highest BCUT2D eigenvalue weighted by Crippen LogP contribution is 2.11. The van der Waals surface area contributed by atoms with Crippen LogP contribution < -0.4 is 5.32 Å². The van der Waals surface area contributed by atoms with Gasteiger partial charge in [-0.15, -0.1) is 0 Å². The van der Waals surface area contributed by atoms with Crippen LogP contribution in [-0.2, 0) is 4.74 Å². The number of hydrogen-bond acceptors (Lipinski definition) is 5. The fourth-order valence-corrected chi connectivity index (χ4v) is 1.52. The second-order valence-electron chi connectivity index (χ2n) is 3.95. The molecular weight excluding hydrogens is 248 g/mol. The number of hydrogen-bond donors (Lipinski definition) is 1. The minimum atomic E-state index is -0.486. The molecule has 0 unspecified atom stereocenters. The lowest BCUT2D eigenvalue weighted by atomic mass is 10.1. The van der Waals surface area contributed by atoms with E-state index in [2.05, 4.69) is 5.32 Å². The smallest absolute Gasteiger partial charge is 0.269 e. The lowest BCUT2D eigenvalue weighted by Crippen LogP contribution is -2.24. The van der Waals surface area contributed by atoms with E-state index in [-0.39, 0.29) is 18.0 Å². The Kier molecular flexibility index (Phi) is 6.70. The van der Waals surface area contributed by atoms with Gasteiger partial charge >= 0.3 is 0 Å². The number of rotatable bonds is 9. The zero-order chi connectivity index (χ0) is 14.1. The Morgan fingerprint density at radius 2 is 2.05 bits per heavy atom. The van der Waals surface area contributed by atoms with Crippen LogP contribution in [0.15, 0.2) is 24.3 Å². The van der Waals surface area contributed by atoms with Crippen LogP contribution in [0.2, 0.25) is 0 Å². The van der Waals surface area contributed by atoms with Crippen molar-refractivity contribution in [3.63, 3.8) is 0 Å². The molecule has 0 aromatic heterocycles. The number of carbonyl (C=O) groups excluding carboxylic acids is 1. The van der Waals surface area contributed by atoms with Gasteiger partial charge in [-0.1, -0.05) is 0 Å². The summed E-state index contributed by atoms with van der Waals surface area (Å²) in [4.78, 5) is 21.7. The molecular formula is C13H18N2O4. The Labute approximate surface area is 111 Å². The third-order valence-electron chi connectivity index (χ3n) is 2.53. The molecule has 0 atom stereocenters. The lowest BCUT2D eigenvalue weighted by Gasteiger charge is -2.04. The van der Waals surface area contributed by atoms with Gasteiger partial charge in [0, 0.05) is 30.9 Å². The number of Topliss-reactive ketones (excluding diaryl/α,β-unsaturated/α-hetero) is 1. The van der Waals surface area contributed by atoms with Crippen LogP contribution in [0.3, 0.4) is 0 Å². The first-order valence-corrected chi connectivity index (χ1v) is 6.21. The van der Waals surface area contributed by atoms with E-state index in [1.54, 1.807) is 0 Å². The molecule has 1 N–H and O–H groups in total. The van der Waals surface area contributed by atoms with E-state index in [0.29, 0.717) is 25.3 Å². The maximum absolute atomic E-state index is 11.8. The standard InChI is InChI=1S/C13H18N2O4/c1-2-19-9-3-8-14-10-13(16)11-4-6-12(7-5-11)15(17)18/h4-7,14H,2-3,8-10H2,1H3. The molecule has 0 saturated carbocycles. The number of carbonyl (C=O) groups is 1. The molecule has 0 bridgehead atoms. The quantitative estimate of drug-likeness (QED) is 0.319. The molecule has 0 aliphatic heterocycles. The number of nitro benzene ring substituents is 1. The highest BCUT2D eigenvalue weighted by molar-refractivity contribution is 5.97. The predicted octanol–water partition coefficient (Wildman–Crippen LogP) is 1.79. The normalized spacial score (nSPS) is 10.4. The van der Waals surface area contributed by atoms with Gasteiger partial charge in [0.05, 0.1) is 11.5 Å². The zero-order valence-corrected chi connectivity index (χ0v) is 10.9. The number of nitro groups is 1. The summed E-state index contributed by atoms with van der Waals surface area (Å²) in [6.07, 6.45) is 0.849. The van der Waals surface area contributed by atoms with Crippen molar-refractivity contribution in [2.75, 3.05) is 26.3 Å². The summed E-state index contributed by atoms with van der Waals surface area (Å²) in [5.41, 5.74) is 0.462. The van der Waals surface area contributed by atoms with Crippen LogP contribution >= 0.6 is 0 Å². The first-order chi connectivity index (χ1) is 9.15. The molecule has 0 fully saturated rings. The number of nitrogens with one attached hydrogen (secondary N) is 1. The molecule has 0 aliphatic carbocycles. The highest BCUT2D eigenvalue weighted by atomic mass is 16.6. The SMILES string of the molecule is CCOCCCNCC(=O)c1ccc([N+](=O)[O-])cc1. The largest absolute Gasteiger partial charge is 0.382 e. The number of ether oxygens (including phenoxy) is 1. The van der Waals surface area contributed by atoms with Crippen LogP contribution in [0, 0.1) is 10.1 Å². The summed E-state index contributed by atoms with van der Waals surface area (Å²) in [6.45, 7) is 4.24. The first-order valence-electron chi connectivity index (χ1n) is 6.21. The van der Waals surface area contributed by atoms with Crippen molar-refractivity contribution < 1.29 is 14.5 Å². The summed E-state index contributed by atoms with van der Waals surface area (Å²) < 4.78 is 5.17. The molecule has 0 radical (unpaired) electrons. The van der Waals surface area contributed by atoms with Gasteiger partial charge in [-0.05, 0) is 32.0 Å². The average Bonchev–Trinajstić information content (AvgIpc) is 2.42. The van der Waals surface area contributed by atoms with Gasteiger partial charge in [-0.2, -0.15) is 0 Å². The van der Waals surface area contributed by atoms with E-state index >= 15 is 0 Å². The summed E-state index contributed by atoms with van der Waals surface area (Å²) in [5, 5.41) is 13.5. The van der Waals surface area contributed by atoms with Crippen molar-refractivity contribution >= 4 is 11.5 Å². The van der Waals surface area contributed by atoms with E-state index in [1.165, 1.54) is 24.3 Å². The molecule has 6 nitrogen and oxygen atoms in total. The van der Waals surface area contributed by atoms with Crippen LogP contribution in [0.5, 0.6) is 0 Å². The van der Waals surface area contributed by atoms with Gasteiger partial charge in [0.2, 0.25) is 0 Å². The maximum atomic E-state index is 11.8. The molecule has 1 aromatic carbocycles. The predicted molar refractivity (Wildman–Crippen MR) is 71.4 cm³/mol. The summed E-state index contributed by atoms with van der Waals surface area (Å²) in [7, 11) is 0. The van der Waals surface area contributed by atoms with E-state index in [0.717, 1.165) is 6.42 Å². The average molecular weight is 266 g/mol. The van der Waals surface area contributed by atoms with Crippen LogP contribution in [0.4, 0.5) is 5.69 Å². The van der Waals surface area contributed by atoms with Crippen molar-refractivity contribution in [2.45, 2.75) is 13.3 Å². The van der Waals surface area contributed by atoms with Crippen molar-refractivity contribution in [3.05, 3.63) is 39.9 Å². The Hall–Kier alpha value is -1.79. The van der Waals surface area contributed by atoms with Gasteiger partial charge < -0.3 is 10.1 Å². The van der Waals surface area contributed by atoms with E-state index < -0.39 is 4.92 Å². The fourth-order valence-electron chi connectivity index (χ4n) is 1.52. The van der Waals surface area contributed by atoms with Crippen molar-refractivity contribution in [1.29, 1.82) is 0 Å². The molecule has 0 aliphatic rings. The van der Waals surface area contributed by atoms with E-state index in [1.807, 2.05) is 6.92 Å². The molecule has 0 saturated heterocycles. The highest BCUT2D eigenvalue weighted by Gasteiger charge is 2.08. The Morgan fingerprint density at radius 1 is 1.37 bits per heavy atom. The van der Waals surface area contributed by atoms with Crippen LogP contribution in [-0.4, -0.2) is 37.0 Å². The molecule has 19 heavy (non-hydrogen) atoms. The Morgan fingerprint density at radius 3 is 2.63 bits per heavy atom. The molecule has 0 amide bonds. The van der Waals surface area contributed by atoms with Gasteiger partial charge in [0.1, 0.15) is 0 Å². The lowest BCUT2D eigenvalue weighted by molar-refractivity contribution is -0.384. The fraction of sp³-hybridized carbons (Fsp3) is 0.462. The minimum absolute atomic E-state index is 0.0128. The van der Waals surface area contributed by atoms with Crippen molar-refractivity contribution in [3.8, 4) is 0 Å². The molecule has 0 spiro atoms. The van der Waals surface area contributed by atoms with Crippen molar-refractivity contribution in [1.82, 2.24) is 5.32 Å². The van der Waals surface area contributed by atoms with E-state index in [9.17, 15) is 14.9 Å². The summed E-state index contributed by atoms with van der Waals surface area (Å²) >= 11 is 0. The van der Waals surface area contributed by atoms with Crippen molar-refractivity contribution in [2.24, 2.45) is 0 Å². The molecule has 1 rings (SSSR count). The number of ketones is 1. The molecule has 1 aromatic rings. The Bertz CT molecular complexity index is 417. The molecule has 6 heteroatoms. The monoisotopic (exact) mass is 266 g/mol. The first kappa shape index (κ1) is 15.3. The maximum Gasteiger partial charge on any atom is 0.269 e. The summed E-state index contributed by atoms with van der Waals surface area (Å²) in [6, 6.07) is 5.62. The third kappa shape index (κ3) is 5.58. The van der Waals surface area contributed by atoms with Gasteiger partial charge in [0.25, 0.3) is 5.69 Å². The number of non-ortho nitro benzene ring substituents is 1. The van der Waals surface area contributed by atoms with Gasteiger partial charge in [-0.25, -0.2) is 0 Å².